The number of ether oxygens (including phenoxy) is 3. The van der Waals surface area contributed by atoms with Crippen molar-refractivity contribution in [2.45, 2.75) is 62.7 Å². The van der Waals surface area contributed by atoms with Crippen LogP contribution in [0.15, 0.2) is 109 Å². The lowest BCUT2D eigenvalue weighted by atomic mass is 10.00. The lowest BCUT2D eigenvalue weighted by Crippen LogP contribution is -2.42. The summed E-state index contributed by atoms with van der Waals surface area (Å²) in [7, 11) is 2.56. The lowest BCUT2D eigenvalue weighted by molar-refractivity contribution is -0.135. The molecular formula is C48H48N8O7. The maximum absolute atomic E-state index is 14.0. The van der Waals surface area contributed by atoms with Crippen LogP contribution in [0.5, 0.6) is 11.5 Å². The molecule has 0 radical (unpaired) electrons. The molecule has 2 fully saturated rings. The summed E-state index contributed by atoms with van der Waals surface area (Å²) >= 11 is 0. The number of nitrogens with one attached hydrogen (secondary N) is 4. The normalized spacial score (nSPS) is 17.7. The summed E-state index contributed by atoms with van der Waals surface area (Å²) in [4.78, 5) is 72.6. The van der Waals surface area contributed by atoms with Gasteiger partial charge in [0.15, 0.2) is 0 Å². The largest absolute Gasteiger partial charge is 0.457 e. The number of benzene rings is 4. The summed E-state index contributed by atoms with van der Waals surface area (Å²) in [6.45, 7) is 1.08. The molecule has 2 aromatic heterocycles. The molecule has 4 atom stereocenters. The highest BCUT2D eigenvalue weighted by molar-refractivity contribution is 5.88. The van der Waals surface area contributed by atoms with Crippen molar-refractivity contribution in [3.05, 3.63) is 143 Å². The number of carbonyl (C=O) groups is 4. The second kappa shape index (κ2) is 17.9. The molecule has 15 heteroatoms. The quantitative estimate of drug-likeness (QED) is 0.107. The van der Waals surface area contributed by atoms with Crippen LogP contribution in [0.3, 0.4) is 0 Å². The zero-order valence-electron chi connectivity index (χ0n) is 35.0. The number of imidazole rings is 2. The summed E-state index contributed by atoms with van der Waals surface area (Å²) in [5.74, 6) is 2.50. The van der Waals surface area contributed by atoms with Crippen LogP contribution < -0.4 is 15.4 Å². The Bertz CT molecular complexity index is 2450. The molecule has 0 bridgehead atoms. The van der Waals surface area contributed by atoms with Crippen LogP contribution in [0.25, 0.3) is 22.5 Å². The number of fused-ring (bicyclic) bond motifs is 2. The van der Waals surface area contributed by atoms with E-state index in [-0.39, 0.29) is 23.9 Å². The first kappa shape index (κ1) is 41.0. The van der Waals surface area contributed by atoms with E-state index in [2.05, 4.69) is 32.7 Å². The fraction of sp³-hybridized carbons (Fsp3) is 0.292. The number of likely N-dealkylation sites (tertiary alicyclic amines) is 2. The van der Waals surface area contributed by atoms with Crippen LogP contribution in [-0.2, 0) is 31.9 Å². The molecule has 0 unspecified atom stereocenters. The zero-order chi connectivity index (χ0) is 43.5. The maximum Gasteiger partial charge on any atom is 0.407 e. The molecule has 63 heavy (non-hydrogen) atoms. The van der Waals surface area contributed by atoms with E-state index in [0.717, 1.165) is 83.7 Å². The fourth-order valence-corrected chi connectivity index (χ4v) is 8.96. The van der Waals surface area contributed by atoms with Crippen LogP contribution in [0.1, 0.15) is 83.8 Å². The number of nitrogens with zero attached hydrogens (tertiary/aromatic N) is 4. The third kappa shape index (κ3) is 8.46. The third-order valence-corrected chi connectivity index (χ3v) is 12.2. The van der Waals surface area contributed by atoms with Crippen LogP contribution in [-0.4, -0.2) is 81.0 Å². The smallest absolute Gasteiger partial charge is 0.407 e. The number of alkyl carbamates (subject to hydrolysis) is 2. The highest BCUT2D eigenvalue weighted by Crippen LogP contribution is 2.40. The Kier molecular flexibility index (Phi) is 11.6. The van der Waals surface area contributed by atoms with E-state index in [0.29, 0.717) is 35.9 Å². The first-order valence-electron chi connectivity index (χ1n) is 21.2. The molecule has 5 heterocycles. The minimum absolute atomic E-state index is 0.221. The molecule has 15 nitrogen and oxygen atoms in total. The predicted molar refractivity (Wildman–Crippen MR) is 232 cm³/mol. The van der Waals surface area contributed by atoms with Gasteiger partial charge in [0.1, 0.15) is 35.2 Å². The Balaban J connectivity index is 0.883. The first-order chi connectivity index (χ1) is 30.8. The van der Waals surface area contributed by atoms with Crippen LogP contribution >= 0.6 is 0 Å². The van der Waals surface area contributed by atoms with Gasteiger partial charge in [-0.1, -0.05) is 60.7 Å². The molecule has 0 aliphatic carbocycles. The van der Waals surface area contributed by atoms with Gasteiger partial charge in [-0.15, -0.1) is 0 Å². The third-order valence-electron chi connectivity index (χ3n) is 12.2. The van der Waals surface area contributed by atoms with Gasteiger partial charge in [0, 0.05) is 24.2 Å². The monoisotopic (exact) mass is 848 g/mol. The Morgan fingerprint density at radius 3 is 1.48 bits per heavy atom. The van der Waals surface area contributed by atoms with E-state index in [1.807, 2.05) is 84.9 Å². The van der Waals surface area contributed by atoms with Crippen molar-refractivity contribution in [1.29, 1.82) is 0 Å². The summed E-state index contributed by atoms with van der Waals surface area (Å²) in [5, 5.41) is 5.44. The molecule has 3 aliphatic rings. The van der Waals surface area contributed by atoms with E-state index >= 15 is 0 Å². The van der Waals surface area contributed by atoms with Gasteiger partial charge in [-0.25, -0.2) is 19.6 Å². The van der Waals surface area contributed by atoms with Gasteiger partial charge in [-0.2, -0.15) is 0 Å². The molecule has 0 saturated carbocycles. The van der Waals surface area contributed by atoms with E-state index < -0.39 is 24.3 Å². The highest BCUT2D eigenvalue weighted by Gasteiger charge is 2.38. The average molecular weight is 849 g/mol. The standard InChI is InChI=1S/C48H48N8O7/c1-61-47(59)53-41(29-11-5-3-6-12-29)45(57)55-23-9-15-37(55)43-49-27-35(51-43)31-19-21-39-33(25-31)17-18-34-26-32(20-22-40(34)63-39)36-28-50-44(52-36)38-16-10-24-56(38)46(58)42(54-48(60)62-2)30-13-7-4-8-14-30/h3-8,11-14,19-22,25-28,37-38,41-42H,9-10,15-18,23-24H2,1-2H3,(H,49,51)(H,50,52)(H,53,59)(H,54,60)/t37-,38-,41+,42+/m0/s1. The molecule has 4 aromatic carbocycles. The number of hydrogen-bond donors (Lipinski definition) is 4. The van der Waals surface area contributed by atoms with E-state index in [9.17, 15) is 19.2 Å². The predicted octanol–water partition coefficient (Wildman–Crippen LogP) is 7.88. The average Bonchev–Trinajstić information content (AvgIpc) is 4.17. The first-order valence-corrected chi connectivity index (χ1v) is 21.2. The second-order valence-electron chi connectivity index (χ2n) is 15.9. The van der Waals surface area contributed by atoms with Crippen molar-refractivity contribution in [3.63, 3.8) is 0 Å². The van der Waals surface area contributed by atoms with Gasteiger partial charge in [0.25, 0.3) is 11.8 Å². The minimum atomic E-state index is -0.895. The van der Waals surface area contributed by atoms with E-state index in [1.54, 1.807) is 22.2 Å². The van der Waals surface area contributed by atoms with Crippen LogP contribution in [0, 0.1) is 0 Å². The molecule has 0 spiro atoms. The number of aromatic amines is 2. The highest BCUT2D eigenvalue weighted by atomic mass is 16.5. The van der Waals surface area contributed by atoms with Crippen molar-refractivity contribution < 1.29 is 33.4 Å². The van der Waals surface area contributed by atoms with Crippen molar-refractivity contribution in [1.82, 2.24) is 40.4 Å². The van der Waals surface area contributed by atoms with Crippen molar-refractivity contribution >= 4 is 24.0 Å². The summed E-state index contributed by atoms with van der Waals surface area (Å²) < 4.78 is 16.2. The molecule has 9 rings (SSSR count). The van der Waals surface area contributed by atoms with E-state index in [1.165, 1.54) is 14.2 Å². The van der Waals surface area contributed by atoms with Gasteiger partial charge in [0.2, 0.25) is 0 Å². The fourth-order valence-electron chi connectivity index (χ4n) is 8.96. The Hall–Kier alpha value is -7.42. The number of hydrogen-bond acceptors (Lipinski definition) is 9. The molecular weight excluding hydrogens is 801 g/mol. The minimum Gasteiger partial charge on any atom is -0.457 e. The molecule has 3 aliphatic heterocycles. The van der Waals surface area contributed by atoms with Gasteiger partial charge in [-0.05, 0) is 97.2 Å². The Morgan fingerprint density at radius 1 is 0.635 bits per heavy atom. The van der Waals surface area contributed by atoms with Gasteiger partial charge < -0.3 is 44.6 Å². The topological polar surface area (TPSA) is 184 Å². The van der Waals surface area contributed by atoms with Crippen LogP contribution in [0.4, 0.5) is 9.59 Å². The molecule has 2 saturated heterocycles. The maximum atomic E-state index is 14.0. The van der Waals surface area contributed by atoms with Gasteiger partial charge in [0.05, 0.1) is 50.1 Å². The number of rotatable bonds is 10. The summed E-state index contributed by atoms with van der Waals surface area (Å²) in [6.07, 6.45) is 6.83. The summed E-state index contributed by atoms with van der Waals surface area (Å²) in [6, 6.07) is 28.2. The lowest BCUT2D eigenvalue weighted by Gasteiger charge is -2.28. The second-order valence-corrected chi connectivity index (χ2v) is 15.9. The van der Waals surface area contributed by atoms with Gasteiger partial charge in [-0.3, -0.25) is 9.59 Å². The van der Waals surface area contributed by atoms with Crippen molar-refractivity contribution in [2.24, 2.45) is 0 Å². The number of carbonyl (C=O) groups excluding carboxylic acids is 4. The van der Waals surface area contributed by atoms with E-state index in [4.69, 9.17) is 24.2 Å². The number of H-pyrrole nitrogens is 2. The zero-order valence-corrected chi connectivity index (χ0v) is 35.0. The van der Waals surface area contributed by atoms with Gasteiger partial charge >= 0.3 is 12.2 Å². The summed E-state index contributed by atoms with van der Waals surface area (Å²) in [5.41, 5.74) is 7.03. The van der Waals surface area contributed by atoms with Crippen molar-refractivity contribution in [3.8, 4) is 34.0 Å². The number of aryl methyl sites for hydroxylation is 2. The SMILES string of the molecule is COC(=O)N[C@@H](C(=O)N1CCC[C@H]1c1ncc(-c2ccc3c(c2)CCc2cc(-c4cnc([C@@H]5CCCN5C(=O)[C@H](NC(=O)OC)c5ccccc5)[nH]4)ccc2O3)[nH]1)c1ccccc1. The van der Waals surface area contributed by atoms with Crippen LogP contribution in [0.2, 0.25) is 0 Å². The molecule has 4 N–H and O–H groups in total. The van der Waals surface area contributed by atoms with Crippen molar-refractivity contribution in [2.75, 3.05) is 27.3 Å². The molecule has 6 aromatic rings. The molecule has 322 valence electrons. The number of aromatic nitrogens is 4. The number of methoxy groups -OCH3 is 2. The number of amides is 4. The Morgan fingerprint density at radius 2 is 1.06 bits per heavy atom. The molecule has 4 amide bonds. The Labute approximate surface area is 364 Å².